The van der Waals surface area contributed by atoms with E-state index in [0.717, 1.165) is 15.7 Å². The maximum Gasteiger partial charge on any atom is 0.0780 e. The summed E-state index contributed by atoms with van der Waals surface area (Å²) >= 11 is 7.97. The van der Waals surface area contributed by atoms with E-state index in [-0.39, 0.29) is 0 Å². The molecule has 0 amide bonds. The lowest BCUT2D eigenvalue weighted by Gasteiger charge is -2.02. The quantitative estimate of drug-likeness (QED) is 0.539. The van der Waals surface area contributed by atoms with Gasteiger partial charge in [-0.2, -0.15) is 4.99 Å². The minimum Gasteiger partial charge on any atom is -0.194 e. The number of aliphatic imine (C=N–C) groups is 1. The van der Waals surface area contributed by atoms with Crippen molar-refractivity contribution in [1.82, 2.24) is 0 Å². The van der Waals surface area contributed by atoms with Gasteiger partial charge in [-0.25, -0.2) is 0 Å². The fourth-order valence-corrected chi connectivity index (χ4v) is 1.41. The summed E-state index contributed by atoms with van der Waals surface area (Å²) in [5.74, 6) is 0. The Bertz CT molecular complexity index is 354. The average molecular weight is 242 g/mol. The molecule has 0 aromatic heterocycles. The van der Waals surface area contributed by atoms with Gasteiger partial charge in [0.1, 0.15) is 0 Å². The van der Waals surface area contributed by atoms with E-state index in [4.69, 9.17) is 0 Å². The van der Waals surface area contributed by atoms with Crippen molar-refractivity contribution in [2.24, 2.45) is 4.99 Å². The molecule has 0 saturated heterocycles. The highest BCUT2D eigenvalue weighted by molar-refractivity contribution is 9.10. The lowest BCUT2D eigenvalue weighted by Crippen LogP contribution is -1.79. The van der Waals surface area contributed by atoms with Crippen LogP contribution in [-0.2, 0) is 0 Å². The van der Waals surface area contributed by atoms with Crippen LogP contribution < -0.4 is 0 Å². The summed E-state index contributed by atoms with van der Waals surface area (Å²) in [6, 6.07) is 4.01. The Morgan fingerprint density at radius 2 is 2.00 bits per heavy atom. The smallest absolute Gasteiger partial charge is 0.0780 e. The van der Waals surface area contributed by atoms with Crippen molar-refractivity contribution in [3.8, 4) is 0 Å². The van der Waals surface area contributed by atoms with Gasteiger partial charge in [-0.15, -0.1) is 0 Å². The molecule has 0 spiro atoms. The lowest BCUT2D eigenvalue weighted by atomic mass is 10.1. The number of thiocarbonyl (C=S) groups is 1. The monoisotopic (exact) mass is 241 g/mol. The Kier molecular flexibility index (Phi) is 3.15. The molecule has 0 fully saturated rings. The highest BCUT2D eigenvalue weighted by Crippen LogP contribution is 2.26. The van der Waals surface area contributed by atoms with Crippen LogP contribution in [0.15, 0.2) is 21.6 Å². The van der Waals surface area contributed by atoms with Crippen LogP contribution in [0.1, 0.15) is 11.1 Å². The van der Waals surface area contributed by atoms with E-state index >= 15 is 0 Å². The molecular formula is C9H8BrNS. The minimum atomic E-state index is 0.877. The lowest BCUT2D eigenvalue weighted by molar-refractivity contribution is 1.33. The molecule has 0 saturated carbocycles. The topological polar surface area (TPSA) is 12.4 Å². The van der Waals surface area contributed by atoms with Gasteiger partial charge in [-0.3, -0.25) is 0 Å². The number of aryl methyl sites for hydroxylation is 2. The van der Waals surface area contributed by atoms with Crippen molar-refractivity contribution >= 4 is 39.0 Å². The first-order valence-corrected chi connectivity index (χ1v) is 4.70. The van der Waals surface area contributed by atoms with Gasteiger partial charge < -0.3 is 0 Å². The van der Waals surface area contributed by atoms with E-state index in [2.05, 4.69) is 44.4 Å². The highest BCUT2D eigenvalue weighted by atomic mass is 79.9. The van der Waals surface area contributed by atoms with E-state index in [1.807, 2.05) is 19.9 Å². The summed E-state index contributed by atoms with van der Waals surface area (Å²) in [7, 11) is 0. The van der Waals surface area contributed by atoms with Gasteiger partial charge >= 0.3 is 0 Å². The molecule has 12 heavy (non-hydrogen) atoms. The number of halogens is 1. The zero-order valence-electron chi connectivity index (χ0n) is 6.89. The Morgan fingerprint density at radius 1 is 1.33 bits per heavy atom. The summed E-state index contributed by atoms with van der Waals surface area (Å²) in [6.45, 7) is 4.05. The number of hydrogen-bond donors (Lipinski definition) is 0. The third-order valence-corrected chi connectivity index (χ3v) is 2.59. The summed E-state index contributed by atoms with van der Waals surface area (Å²) < 4.78 is 1.05. The largest absolute Gasteiger partial charge is 0.194 e. The number of isothiocyanates is 1. The first kappa shape index (κ1) is 9.59. The van der Waals surface area contributed by atoms with Crippen LogP contribution in [0.4, 0.5) is 5.69 Å². The SMILES string of the molecule is Cc1cc(C)c(N=C=S)cc1Br. The molecule has 1 aromatic rings. The van der Waals surface area contributed by atoms with Crippen LogP contribution in [0.25, 0.3) is 0 Å². The molecule has 0 radical (unpaired) electrons. The van der Waals surface area contributed by atoms with E-state index < -0.39 is 0 Å². The van der Waals surface area contributed by atoms with Crippen molar-refractivity contribution < 1.29 is 0 Å². The molecule has 0 atom stereocenters. The molecule has 0 bridgehead atoms. The molecule has 1 aromatic carbocycles. The first-order valence-electron chi connectivity index (χ1n) is 3.50. The number of benzene rings is 1. The second-order valence-corrected chi connectivity index (χ2v) is 3.63. The molecular weight excluding hydrogens is 234 g/mol. The van der Waals surface area contributed by atoms with Crippen molar-refractivity contribution in [3.63, 3.8) is 0 Å². The highest BCUT2D eigenvalue weighted by Gasteiger charge is 2.00. The Morgan fingerprint density at radius 3 is 2.58 bits per heavy atom. The van der Waals surface area contributed by atoms with E-state index in [1.54, 1.807) is 0 Å². The van der Waals surface area contributed by atoms with Crippen LogP contribution in [-0.4, -0.2) is 5.16 Å². The molecule has 1 rings (SSSR count). The third-order valence-electron chi connectivity index (χ3n) is 1.64. The van der Waals surface area contributed by atoms with Gasteiger partial charge in [0, 0.05) is 4.47 Å². The summed E-state index contributed by atoms with van der Waals surface area (Å²) in [6.07, 6.45) is 0. The van der Waals surface area contributed by atoms with Gasteiger partial charge in [0.2, 0.25) is 0 Å². The predicted molar refractivity (Wildman–Crippen MR) is 58.3 cm³/mol. The van der Waals surface area contributed by atoms with Crippen molar-refractivity contribution in [2.45, 2.75) is 13.8 Å². The second-order valence-electron chi connectivity index (χ2n) is 2.59. The van der Waals surface area contributed by atoms with Crippen LogP contribution in [0.2, 0.25) is 0 Å². The third kappa shape index (κ3) is 2.01. The number of nitrogens with zero attached hydrogens (tertiary/aromatic N) is 1. The Hall–Kier alpha value is -0.500. The van der Waals surface area contributed by atoms with Gasteiger partial charge in [0.15, 0.2) is 0 Å². The molecule has 62 valence electrons. The van der Waals surface area contributed by atoms with Gasteiger partial charge in [0.05, 0.1) is 10.8 Å². The van der Waals surface area contributed by atoms with Gasteiger partial charge in [-0.05, 0) is 43.3 Å². The number of rotatable bonds is 1. The van der Waals surface area contributed by atoms with Crippen LogP contribution in [0, 0.1) is 13.8 Å². The molecule has 1 nitrogen and oxygen atoms in total. The van der Waals surface area contributed by atoms with Crippen molar-refractivity contribution in [3.05, 3.63) is 27.7 Å². The molecule has 0 unspecified atom stereocenters. The van der Waals surface area contributed by atoms with E-state index in [0.29, 0.717) is 0 Å². The Balaban J connectivity index is 3.32. The van der Waals surface area contributed by atoms with Gasteiger partial charge in [-0.1, -0.05) is 22.0 Å². The normalized spacial score (nSPS) is 9.25. The van der Waals surface area contributed by atoms with Gasteiger partial charge in [0.25, 0.3) is 0 Å². The van der Waals surface area contributed by atoms with Crippen molar-refractivity contribution in [1.29, 1.82) is 0 Å². The fraction of sp³-hybridized carbons (Fsp3) is 0.222. The molecule has 0 aliphatic carbocycles. The summed E-state index contributed by atoms with van der Waals surface area (Å²) in [4.78, 5) is 3.94. The van der Waals surface area contributed by atoms with Crippen LogP contribution in [0.5, 0.6) is 0 Å². The summed E-state index contributed by atoms with van der Waals surface area (Å²) in [5, 5.41) is 2.36. The summed E-state index contributed by atoms with van der Waals surface area (Å²) in [5.41, 5.74) is 3.20. The molecule has 0 heterocycles. The fourth-order valence-electron chi connectivity index (χ4n) is 0.985. The minimum absolute atomic E-state index is 0.877. The maximum atomic E-state index is 4.54. The first-order chi connectivity index (χ1) is 5.65. The zero-order valence-corrected chi connectivity index (χ0v) is 9.29. The predicted octanol–water partition coefficient (Wildman–Crippen LogP) is 3.80. The molecule has 0 aliphatic heterocycles. The molecule has 0 aliphatic rings. The van der Waals surface area contributed by atoms with E-state index in [1.165, 1.54) is 5.56 Å². The number of hydrogen-bond acceptors (Lipinski definition) is 2. The molecule has 3 heteroatoms. The molecule has 0 N–H and O–H groups in total. The van der Waals surface area contributed by atoms with Crippen LogP contribution >= 0.6 is 28.1 Å². The standard InChI is InChI=1S/C9H8BrNS/c1-6-3-7(2)9(11-5-12)4-8(6)10/h3-4H,1-2H3. The average Bonchev–Trinajstić information content (AvgIpc) is 2.01. The van der Waals surface area contributed by atoms with Crippen molar-refractivity contribution in [2.75, 3.05) is 0 Å². The maximum absolute atomic E-state index is 4.54. The second kappa shape index (κ2) is 3.94. The van der Waals surface area contributed by atoms with Crippen LogP contribution in [0.3, 0.4) is 0 Å². The zero-order chi connectivity index (χ0) is 9.14. The Labute approximate surface area is 85.6 Å². The van der Waals surface area contributed by atoms with E-state index in [9.17, 15) is 0 Å².